The van der Waals surface area contributed by atoms with Crippen LogP contribution >= 0.6 is 0 Å². The van der Waals surface area contributed by atoms with Crippen LogP contribution in [-0.4, -0.2) is 0 Å². The van der Waals surface area contributed by atoms with Crippen molar-refractivity contribution in [2.45, 2.75) is 12.3 Å². The molecule has 1 heterocycles. The van der Waals surface area contributed by atoms with Crippen LogP contribution in [0, 0.1) is 0 Å². The Morgan fingerprint density at radius 1 is 0.438 bits per heavy atom. The lowest BCUT2D eigenvalue weighted by Gasteiger charge is -2.31. The van der Waals surface area contributed by atoms with Crippen molar-refractivity contribution in [1.29, 1.82) is 0 Å². The van der Waals surface area contributed by atoms with Gasteiger partial charge in [0.2, 0.25) is 0 Å². The van der Waals surface area contributed by atoms with E-state index in [-0.39, 0.29) is 5.41 Å². The number of benzene rings is 9. The molecule has 1 aromatic heterocycles. The summed E-state index contributed by atoms with van der Waals surface area (Å²) in [5.74, 6) is 0. The molecule has 0 bridgehead atoms. The van der Waals surface area contributed by atoms with Crippen molar-refractivity contribution in [3.05, 3.63) is 265 Å². The summed E-state index contributed by atoms with van der Waals surface area (Å²) < 4.78 is 6.44. The molecule has 1 unspecified atom stereocenters. The Balaban J connectivity index is 0.949. The van der Waals surface area contributed by atoms with Crippen molar-refractivity contribution < 1.29 is 4.42 Å². The smallest absolute Gasteiger partial charge is 0.143 e. The van der Waals surface area contributed by atoms with E-state index in [0.29, 0.717) is 0 Å². The monoisotopic (exact) mass is 817 g/mol. The molecule has 0 N–H and O–H groups in total. The third-order valence-corrected chi connectivity index (χ3v) is 13.6. The van der Waals surface area contributed by atoms with Crippen LogP contribution in [0.1, 0.15) is 29.2 Å². The average Bonchev–Trinajstić information content (AvgIpc) is 3.97. The van der Waals surface area contributed by atoms with Crippen LogP contribution in [0.2, 0.25) is 0 Å². The van der Waals surface area contributed by atoms with Gasteiger partial charge in [-0.3, -0.25) is 0 Å². The largest absolute Gasteiger partial charge is 0.455 e. The summed E-state index contributed by atoms with van der Waals surface area (Å²) in [4.78, 5) is 2.35. The van der Waals surface area contributed by atoms with E-state index in [2.05, 4.69) is 231 Å². The van der Waals surface area contributed by atoms with E-state index in [1.807, 2.05) is 18.2 Å². The molecule has 0 fully saturated rings. The maximum Gasteiger partial charge on any atom is 0.143 e. The van der Waals surface area contributed by atoms with Crippen LogP contribution < -0.4 is 4.90 Å². The molecule has 2 aliphatic rings. The molecule has 0 saturated heterocycles. The summed E-state index contributed by atoms with van der Waals surface area (Å²) in [6.07, 6.45) is 6.16. The Hall–Kier alpha value is -8.20. The first kappa shape index (κ1) is 37.6. The zero-order chi connectivity index (χ0) is 42.8. The van der Waals surface area contributed by atoms with Gasteiger partial charge in [-0.2, -0.15) is 0 Å². The van der Waals surface area contributed by atoms with E-state index in [1.54, 1.807) is 0 Å². The van der Waals surface area contributed by atoms with Gasteiger partial charge in [-0.15, -0.1) is 0 Å². The molecular weight excluding hydrogens is 775 g/mol. The number of furan rings is 1. The molecule has 1 spiro atoms. The van der Waals surface area contributed by atoms with Crippen molar-refractivity contribution in [2.24, 2.45) is 0 Å². The first-order valence-corrected chi connectivity index (χ1v) is 22.0. The number of nitrogens with zero attached hydrogens (tertiary/aromatic N) is 1. The minimum absolute atomic E-state index is 0.385. The van der Waals surface area contributed by atoms with Gasteiger partial charge in [0.1, 0.15) is 11.2 Å². The highest BCUT2D eigenvalue weighted by Gasteiger charge is 2.51. The normalized spacial score (nSPS) is 15.0. The fourth-order valence-corrected chi connectivity index (χ4v) is 10.6. The van der Waals surface area contributed by atoms with Crippen LogP contribution in [0.5, 0.6) is 0 Å². The van der Waals surface area contributed by atoms with Gasteiger partial charge < -0.3 is 9.32 Å². The molecule has 0 saturated carbocycles. The average molecular weight is 818 g/mol. The molecule has 9 aromatic carbocycles. The highest BCUT2D eigenvalue weighted by Crippen LogP contribution is 2.62. The second kappa shape index (κ2) is 15.0. The van der Waals surface area contributed by atoms with Crippen LogP contribution in [0.4, 0.5) is 17.1 Å². The molecule has 2 nitrogen and oxygen atoms in total. The van der Waals surface area contributed by atoms with Crippen LogP contribution in [0.15, 0.2) is 247 Å². The number of fused-ring (bicyclic) bond motifs is 10. The number of hydrogen-bond acceptors (Lipinski definition) is 2. The molecule has 302 valence electrons. The summed E-state index contributed by atoms with van der Waals surface area (Å²) in [7, 11) is 0. The molecule has 12 rings (SSSR count). The predicted octanol–water partition coefficient (Wildman–Crippen LogP) is 16.9. The van der Waals surface area contributed by atoms with E-state index in [9.17, 15) is 0 Å². The van der Waals surface area contributed by atoms with Gasteiger partial charge in [0, 0.05) is 33.4 Å². The van der Waals surface area contributed by atoms with Gasteiger partial charge in [-0.1, -0.05) is 189 Å². The Morgan fingerprint density at radius 3 is 1.66 bits per heavy atom. The first-order chi connectivity index (χ1) is 31.6. The standard InChI is InChI=1S/C62H43NO/c1-3-4-17-50-41(2)62(57-23-11-8-18-52(50)57)58-24-12-9-19-53(58)54-39-32-46(40-59(54)62)44-28-35-48(36-29-44)63(47-33-26-43(27-34-47)42-15-6-5-7-16-42)49-37-30-45(31-38-49)51-21-14-22-56-55-20-10-13-25-60(55)64-61(51)56/h3-40H,1H2,2H3/b17-4-. The maximum atomic E-state index is 6.44. The Labute approximate surface area is 374 Å². The molecule has 0 amide bonds. The van der Waals surface area contributed by atoms with E-state index < -0.39 is 0 Å². The van der Waals surface area contributed by atoms with Crippen molar-refractivity contribution in [2.75, 3.05) is 4.90 Å². The summed E-state index contributed by atoms with van der Waals surface area (Å²) in [6, 6.07) is 77.1. The first-order valence-electron chi connectivity index (χ1n) is 22.0. The van der Waals surface area contributed by atoms with Gasteiger partial charge in [0.15, 0.2) is 0 Å². The Kier molecular flexibility index (Phi) is 8.81. The molecule has 2 heteroatoms. The zero-order valence-corrected chi connectivity index (χ0v) is 35.5. The number of allylic oxidation sites excluding steroid dienone is 5. The second-order valence-corrected chi connectivity index (χ2v) is 16.9. The third-order valence-electron chi connectivity index (χ3n) is 13.6. The third kappa shape index (κ3) is 5.73. The van der Waals surface area contributed by atoms with Gasteiger partial charge in [0.05, 0.1) is 5.41 Å². The molecule has 2 aliphatic carbocycles. The van der Waals surface area contributed by atoms with Crippen LogP contribution in [0.3, 0.4) is 0 Å². The predicted molar refractivity (Wildman–Crippen MR) is 268 cm³/mol. The quantitative estimate of drug-likeness (QED) is 0.142. The lowest BCUT2D eigenvalue weighted by molar-refractivity contribution is 0.670. The molecule has 1 atom stereocenters. The fourth-order valence-electron chi connectivity index (χ4n) is 10.6. The van der Waals surface area contributed by atoms with Gasteiger partial charge >= 0.3 is 0 Å². The van der Waals surface area contributed by atoms with Crippen LogP contribution in [0.25, 0.3) is 72.0 Å². The van der Waals surface area contributed by atoms with Crippen molar-refractivity contribution >= 4 is 44.6 Å². The van der Waals surface area contributed by atoms with Gasteiger partial charge in [-0.05, 0) is 128 Å². The number of hydrogen-bond donors (Lipinski definition) is 0. The van der Waals surface area contributed by atoms with Crippen molar-refractivity contribution in [3.63, 3.8) is 0 Å². The van der Waals surface area contributed by atoms with E-state index in [0.717, 1.165) is 50.1 Å². The Morgan fingerprint density at radius 2 is 0.953 bits per heavy atom. The molecule has 64 heavy (non-hydrogen) atoms. The van der Waals surface area contributed by atoms with E-state index >= 15 is 0 Å². The second-order valence-electron chi connectivity index (χ2n) is 16.9. The summed E-state index contributed by atoms with van der Waals surface area (Å²) >= 11 is 0. The Bertz CT molecular complexity index is 3500. The number of para-hydroxylation sites is 2. The fraction of sp³-hybridized carbons (Fsp3) is 0.0323. The number of anilines is 3. The van der Waals surface area contributed by atoms with Crippen molar-refractivity contribution in [1.82, 2.24) is 0 Å². The highest BCUT2D eigenvalue weighted by molar-refractivity contribution is 6.09. The minimum Gasteiger partial charge on any atom is -0.455 e. The summed E-state index contributed by atoms with van der Waals surface area (Å²) in [6.45, 7) is 6.31. The lowest BCUT2D eigenvalue weighted by atomic mass is 9.70. The van der Waals surface area contributed by atoms with Crippen LogP contribution in [-0.2, 0) is 5.41 Å². The summed E-state index contributed by atoms with van der Waals surface area (Å²) in [5.41, 5.74) is 22.1. The lowest BCUT2D eigenvalue weighted by Crippen LogP contribution is -2.26. The maximum absolute atomic E-state index is 6.44. The summed E-state index contributed by atoms with van der Waals surface area (Å²) in [5, 5.41) is 2.27. The molecule has 0 radical (unpaired) electrons. The highest BCUT2D eigenvalue weighted by atomic mass is 16.3. The van der Waals surface area contributed by atoms with Gasteiger partial charge in [-0.25, -0.2) is 0 Å². The molecule has 0 aliphatic heterocycles. The molecular formula is C62H43NO. The van der Waals surface area contributed by atoms with Gasteiger partial charge in [0.25, 0.3) is 0 Å². The van der Waals surface area contributed by atoms with E-state index in [1.165, 1.54) is 66.8 Å². The zero-order valence-electron chi connectivity index (χ0n) is 35.5. The number of rotatable bonds is 8. The molecule has 10 aromatic rings. The minimum atomic E-state index is -0.385. The SMILES string of the molecule is C=C/C=C\C1=C(C)C2(c3ccccc31)c1ccccc1-c1ccc(-c3ccc(N(c4ccc(-c5ccccc5)cc4)c4ccc(-c5cccc6c5oc5ccccc56)cc4)cc3)cc12. The van der Waals surface area contributed by atoms with Crippen molar-refractivity contribution in [3.8, 4) is 44.5 Å². The topological polar surface area (TPSA) is 16.4 Å². The van der Waals surface area contributed by atoms with E-state index in [4.69, 9.17) is 4.42 Å².